The monoisotopic (exact) mass is 516 g/mol. The number of hydrogen-bond donors (Lipinski definition) is 2. The number of carbonyl (C=O) groups excluding carboxylic acids is 1. The molecule has 0 heterocycles. The Kier molecular flexibility index (Phi) is 8.64. The summed E-state index contributed by atoms with van der Waals surface area (Å²) in [7, 11) is -3.81. The van der Waals surface area contributed by atoms with Gasteiger partial charge in [-0.25, -0.2) is 8.42 Å². The van der Waals surface area contributed by atoms with Crippen LogP contribution in [-0.2, 0) is 10.0 Å². The number of carbonyl (C=O) groups is 1. The number of aryl methyl sites for hydroxylation is 1. The summed E-state index contributed by atoms with van der Waals surface area (Å²) in [5, 5.41) is 3.04. The number of amides is 1. The van der Waals surface area contributed by atoms with E-state index in [4.69, 9.17) is 21.1 Å². The van der Waals surface area contributed by atoms with Crippen LogP contribution in [0.2, 0.25) is 5.02 Å². The smallest absolute Gasteiger partial charge is 0.261 e. The number of sulfonamides is 1. The fourth-order valence-corrected chi connectivity index (χ4v) is 4.72. The summed E-state index contributed by atoms with van der Waals surface area (Å²) in [4.78, 5) is 13.0. The van der Waals surface area contributed by atoms with Crippen molar-refractivity contribution < 1.29 is 22.7 Å². The summed E-state index contributed by atoms with van der Waals surface area (Å²) in [5.74, 6) is 0.910. The summed E-state index contributed by atoms with van der Waals surface area (Å²) in [6, 6.07) is 16.1. The highest BCUT2D eigenvalue weighted by Gasteiger charge is 2.18. The van der Waals surface area contributed by atoms with Gasteiger partial charge in [0.1, 0.15) is 0 Å². The number of anilines is 1. The second kappa shape index (κ2) is 11.5. The van der Waals surface area contributed by atoms with Gasteiger partial charge in [0, 0.05) is 5.56 Å². The van der Waals surface area contributed by atoms with E-state index in [0.29, 0.717) is 30.3 Å². The van der Waals surface area contributed by atoms with E-state index in [1.54, 1.807) is 12.1 Å². The molecule has 2 N–H and O–H groups in total. The van der Waals surface area contributed by atoms with Crippen LogP contribution in [0, 0.1) is 6.92 Å². The molecular weight excluding hydrogens is 488 g/mol. The van der Waals surface area contributed by atoms with Crippen molar-refractivity contribution in [2.75, 3.05) is 17.9 Å². The van der Waals surface area contributed by atoms with Crippen LogP contribution in [-0.4, -0.2) is 27.5 Å². The minimum absolute atomic E-state index is 0.112. The maximum absolute atomic E-state index is 12.8. The molecule has 7 nitrogen and oxygen atoms in total. The van der Waals surface area contributed by atoms with E-state index in [-0.39, 0.29) is 27.6 Å². The van der Waals surface area contributed by atoms with Crippen molar-refractivity contribution >= 4 is 33.2 Å². The average molecular weight is 517 g/mol. The minimum Gasteiger partial charge on any atom is -0.490 e. The molecule has 9 heteroatoms. The molecule has 0 saturated heterocycles. The van der Waals surface area contributed by atoms with E-state index < -0.39 is 10.0 Å². The van der Waals surface area contributed by atoms with Gasteiger partial charge in [-0.2, -0.15) is 0 Å². The molecule has 0 saturated carbocycles. The molecule has 0 aliphatic rings. The zero-order valence-corrected chi connectivity index (χ0v) is 21.7. The van der Waals surface area contributed by atoms with Gasteiger partial charge in [-0.1, -0.05) is 35.4 Å². The van der Waals surface area contributed by atoms with Gasteiger partial charge >= 0.3 is 0 Å². The van der Waals surface area contributed by atoms with E-state index in [0.717, 1.165) is 11.1 Å². The highest BCUT2D eigenvalue weighted by molar-refractivity contribution is 7.92. The number of rotatable bonds is 10. The molecule has 0 aliphatic carbocycles. The van der Waals surface area contributed by atoms with Crippen molar-refractivity contribution in [2.24, 2.45) is 0 Å². The Morgan fingerprint density at radius 3 is 2.23 bits per heavy atom. The molecule has 1 atom stereocenters. The topological polar surface area (TPSA) is 93.7 Å². The van der Waals surface area contributed by atoms with Crippen LogP contribution in [0.1, 0.15) is 48.3 Å². The highest BCUT2D eigenvalue weighted by atomic mass is 35.5. The van der Waals surface area contributed by atoms with Crippen molar-refractivity contribution in [1.29, 1.82) is 0 Å². The van der Waals surface area contributed by atoms with Crippen LogP contribution < -0.4 is 19.5 Å². The highest BCUT2D eigenvalue weighted by Crippen LogP contribution is 2.31. The van der Waals surface area contributed by atoms with Crippen LogP contribution in [0.15, 0.2) is 65.6 Å². The number of ether oxygens (including phenoxy) is 2. The lowest BCUT2D eigenvalue weighted by Gasteiger charge is -2.18. The van der Waals surface area contributed by atoms with Crippen molar-refractivity contribution in [1.82, 2.24) is 5.32 Å². The van der Waals surface area contributed by atoms with E-state index in [1.807, 2.05) is 45.9 Å². The number of nitrogens with one attached hydrogen (secondary N) is 2. The third-order valence-corrected chi connectivity index (χ3v) is 6.92. The predicted octanol–water partition coefficient (Wildman–Crippen LogP) is 5.74. The Hall–Kier alpha value is -3.23. The van der Waals surface area contributed by atoms with Crippen LogP contribution in [0.4, 0.5) is 5.69 Å². The predicted molar refractivity (Wildman–Crippen MR) is 138 cm³/mol. The van der Waals surface area contributed by atoms with Gasteiger partial charge in [0.25, 0.3) is 15.9 Å². The van der Waals surface area contributed by atoms with Gasteiger partial charge in [0.15, 0.2) is 11.5 Å². The molecule has 1 unspecified atom stereocenters. The second-order valence-electron chi connectivity index (χ2n) is 7.88. The summed E-state index contributed by atoms with van der Waals surface area (Å²) in [5.41, 5.74) is 2.28. The summed E-state index contributed by atoms with van der Waals surface area (Å²) in [6.45, 7) is 8.53. The van der Waals surface area contributed by atoms with Crippen LogP contribution >= 0.6 is 11.6 Å². The Labute approximate surface area is 211 Å². The molecule has 3 aromatic rings. The molecule has 3 aromatic carbocycles. The van der Waals surface area contributed by atoms with E-state index in [2.05, 4.69) is 10.0 Å². The molecule has 0 bridgehead atoms. The lowest BCUT2D eigenvalue weighted by atomic mass is 10.1. The van der Waals surface area contributed by atoms with E-state index in [9.17, 15) is 13.2 Å². The molecule has 0 fully saturated rings. The van der Waals surface area contributed by atoms with Gasteiger partial charge in [0.2, 0.25) is 0 Å². The molecule has 186 valence electrons. The Morgan fingerprint density at radius 2 is 1.60 bits per heavy atom. The SMILES string of the molecule is CCOc1ccc(C(C)NC(=O)c2ccc(NS(=O)(=O)c3ccc(C)cc3)c(Cl)c2)cc1OCC. The molecule has 35 heavy (non-hydrogen) atoms. The van der Waals surface area contributed by atoms with E-state index >= 15 is 0 Å². The Balaban J connectivity index is 1.73. The maximum Gasteiger partial charge on any atom is 0.261 e. The molecule has 1 amide bonds. The Morgan fingerprint density at radius 1 is 0.943 bits per heavy atom. The van der Waals surface area contributed by atoms with Gasteiger partial charge < -0.3 is 14.8 Å². The van der Waals surface area contributed by atoms with Crippen molar-refractivity contribution in [2.45, 2.75) is 38.6 Å². The van der Waals surface area contributed by atoms with Crippen LogP contribution in [0.25, 0.3) is 0 Å². The molecule has 0 spiro atoms. The molecular formula is C26H29ClN2O5S. The molecule has 3 rings (SSSR count). The number of halogens is 1. The second-order valence-corrected chi connectivity index (χ2v) is 9.97. The minimum atomic E-state index is -3.81. The van der Waals surface area contributed by atoms with Crippen LogP contribution in [0.3, 0.4) is 0 Å². The lowest BCUT2D eigenvalue weighted by molar-refractivity contribution is 0.0940. The maximum atomic E-state index is 12.8. The first-order chi connectivity index (χ1) is 16.6. The van der Waals surface area contributed by atoms with Gasteiger partial charge in [-0.15, -0.1) is 0 Å². The number of benzene rings is 3. The lowest BCUT2D eigenvalue weighted by Crippen LogP contribution is -2.26. The fraction of sp³-hybridized carbons (Fsp3) is 0.269. The zero-order chi connectivity index (χ0) is 25.6. The number of hydrogen-bond acceptors (Lipinski definition) is 5. The normalized spacial score (nSPS) is 12.0. The quantitative estimate of drug-likeness (QED) is 0.358. The third kappa shape index (κ3) is 6.68. The fourth-order valence-electron chi connectivity index (χ4n) is 3.36. The first-order valence-corrected chi connectivity index (χ1v) is 13.1. The molecule has 0 radical (unpaired) electrons. The standard InChI is InChI=1S/C26H29ClN2O5S/c1-5-33-24-14-10-19(16-25(24)34-6-2)18(4)28-26(30)20-9-13-23(22(27)15-20)29-35(31,32)21-11-7-17(3)8-12-21/h7-16,18,29H,5-6H2,1-4H3,(H,28,30). The Bertz CT molecular complexity index is 1290. The van der Waals surface area contributed by atoms with Crippen molar-refractivity contribution in [3.05, 3.63) is 82.4 Å². The summed E-state index contributed by atoms with van der Waals surface area (Å²) in [6.07, 6.45) is 0. The summed E-state index contributed by atoms with van der Waals surface area (Å²) >= 11 is 6.31. The van der Waals surface area contributed by atoms with Gasteiger partial charge in [0.05, 0.1) is 34.9 Å². The first kappa shape index (κ1) is 26.4. The van der Waals surface area contributed by atoms with Gasteiger partial charge in [-0.05, 0) is 75.7 Å². The molecule has 0 aliphatic heterocycles. The third-order valence-electron chi connectivity index (χ3n) is 5.22. The van der Waals surface area contributed by atoms with Gasteiger partial charge in [-0.3, -0.25) is 9.52 Å². The summed E-state index contributed by atoms with van der Waals surface area (Å²) < 4.78 is 39.0. The van der Waals surface area contributed by atoms with Crippen molar-refractivity contribution in [3.63, 3.8) is 0 Å². The first-order valence-electron chi connectivity index (χ1n) is 11.2. The van der Waals surface area contributed by atoms with E-state index in [1.165, 1.54) is 30.3 Å². The zero-order valence-electron chi connectivity index (χ0n) is 20.1. The van der Waals surface area contributed by atoms with Crippen molar-refractivity contribution in [3.8, 4) is 11.5 Å². The average Bonchev–Trinajstić information content (AvgIpc) is 2.82. The largest absolute Gasteiger partial charge is 0.490 e. The van der Waals surface area contributed by atoms with Crippen LogP contribution in [0.5, 0.6) is 11.5 Å². The molecule has 0 aromatic heterocycles.